The summed E-state index contributed by atoms with van der Waals surface area (Å²) in [6.45, 7) is 7.64. The van der Waals surface area contributed by atoms with Gasteiger partial charge in [-0.05, 0) is 57.7 Å². The van der Waals surface area contributed by atoms with Crippen LogP contribution in [0.3, 0.4) is 0 Å². The van der Waals surface area contributed by atoms with Gasteiger partial charge in [0.05, 0.1) is 5.69 Å². The lowest BCUT2D eigenvalue weighted by Gasteiger charge is -2.34. The fourth-order valence-electron chi connectivity index (χ4n) is 2.70. The van der Waals surface area contributed by atoms with Gasteiger partial charge in [-0.3, -0.25) is 0 Å². The van der Waals surface area contributed by atoms with E-state index in [4.69, 9.17) is 10.5 Å². The lowest BCUT2D eigenvalue weighted by atomic mass is 9.96. The third kappa shape index (κ3) is 5.30. The fraction of sp³-hybridized carbons (Fsp3) is 0.588. The van der Waals surface area contributed by atoms with Crippen molar-refractivity contribution in [3.05, 3.63) is 24.0 Å². The Kier molecular flexibility index (Phi) is 5.34. The van der Waals surface area contributed by atoms with E-state index in [2.05, 4.69) is 5.32 Å². The molecule has 0 unspecified atom stereocenters. The third-order valence-corrected chi connectivity index (χ3v) is 3.86. The molecule has 0 aromatic heterocycles. The molecule has 1 saturated heterocycles. The molecule has 0 atom stereocenters. The van der Waals surface area contributed by atoms with Crippen molar-refractivity contribution in [3.63, 3.8) is 0 Å². The average Bonchev–Trinajstić information content (AvgIpc) is 2.44. The van der Waals surface area contributed by atoms with Gasteiger partial charge in [-0.25, -0.2) is 9.18 Å². The standard InChI is InChI=1S/C17H26FN3O2/c1-17(2,3)23-16(22)20-11-12-6-8-21(9-7-12)15-5-4-13(19)10-14(15)18/h4-5,10,12H,6-9,11,19H2,1-3H3,(H,20,22). The topological polar surface area (TPSA) is 67.6 Å². The van der Waals surface area contributed by atoms with Crippen molar-refractivity contribution in [3.8, 4) is 0 Å². The second-order valence-corrected chi connectivity index (χ2v) is 7.02. The van der Waals surface area contributed by atoms with Gasteiger partial charge in [-0.15, -0.1) is 0 Å². The molecule has 1 aliphatic heterocycles. The van der Waals surface area contributed by atoms with E-state index in [1.165, 1.54) is 6.07 Å². The molecule has 1 aromatic rings. The van der Waals surface area contributed by atoms with Crippen LogP contribution in [0.2, 0.25) is 0 Å². The maximum atomic E-state index is 13.9. The largest absolute Gasteiger partial charge is 0.444 e. The summed E-state index contributed by atoms with van der Waals surface area (Å²) >= 11 is 0. The second-order valence-electron chi connectivity index (χ2n) is 7.02. The summed E-state index contributed by atoms with van der Waals surface area (Å²) in [6, 6.07) is 4.80. The van der Waals surface area contributed by atoms with E-state index in [-0.39, 0.29) is 11.9 Å². The highest BCUT2D eigenvalue weighted by atomic mass is 19.1. The summed E-state index contributed by atoms with van der Waals surface area (Å²) in [5, 5.41) is 2.81. The molecule has 0 radical (unpaired) electrons. The summed E-state index contributed by atoms with van der Waals surface area (Å²) < 4.78 is 19.2. The van der Waals surface area contributed by atoms with Crippen LogP contribution in [0.1, 0.15) is 33.6 Å². The number of hydrogen-bond acceptors (Lipinski definition) is 4. The zero-order chi connectivity index (χ0) is 17.0. The molecule has 1 aliphatic rings. The number of nitrogens with one attached hydrogen (secondary N) is 1. The van der Waals surface area contributed by atoms with E-state index < -0.39 is 5.60 Å². The number of alkyl carbamates (subject to hydrolysis) is 1. The molecule has 0 spiro atoms. The smallest absolute Gasteiger partial charge is 0.407 e. The molecule has 2 rings (SSSR count). The quantitative estimate of drug-likeness (QED) is 0.839. The third-order valence-electron chi connectivity index (χ3n) is 3.86. The minimum Gasteiger partial charge on any atom is -0.444 e. The normalized spacial score (nSPS) is 16.3. The molecule has 6 heteroatoms. The van der Waals surface area contributed by atoms with Gasteiger partial charge in [0.25, 0.3) is 0 Å². The van der Waals surface area contributed by atoms with Crippen LogP contribution >= 0.6 is 0 Å². The van der Waals surface area contributed by atoms with Crippen molar-refractivity contribution in [1.29, 1.82) is 0 Å². The number of nitrogen functional groups attached to an aromatic ring is 1. The summed E-state index contributed by atoms with van der Waals surface area (Å²) in [6.07, 6.45) is 1.42. The number of amides is 1. The summed E-state index contributed by atoms with van der Waals surface area (Å²) in [5.74, 6) is 0.103. The van der Waals surface area contributed by atoms with Crippen molar-refractivity contribution in [1.82, 2.24) is 5.32 Å². The fourth-order valence-corrected chi connectivity index (χ4v) is 2.70. The molecule has 1 heterocycles. The second kappa shape index (κ2) is 7.06. The number of nitrogens with zero attached hydrogens (tertiary/aromatic N) is 1. The Morgan fingerprint density at radius 1 is 1.39 bits per heavy atom. The Hall–Kier alpha value is -1.98. The molecule has 0 aliphatic carbocycles. The predicted octanol–water partition coefficient (Wildman–Crippen LogP) is 3.15. The zero-order valence-electron chi connectivity index (χ0n) is 14.1. The van der Waals surface area contributed by atoms with Crippen LogP contribution in [-0.2, 0) is 4.74 Å². The Labute approximate surface area is 137 Å². The number of carbonyl (C=O) groups excluding carboxylic acids is 1. The predicted molar refractivity (Wildman–Crippen MR) is 90.0 cm³/mol. The van der Waals surface area contributed by atoms with Gasteiger partial charge in [0.15, 0.2) is 0 Å². The molecule has 128 valence electrons. The first-order chi connectivity index (χ1) is 10.7. The maximum absolute atomic E-state index is 13.9. The Morgan fingerprint density at radius 3 is 2.61 bits per heavy atom. The van der Waals surface area contributed by atoms with Crippen LogP contribution in [-0.4, -0.2) is 31.3 Å². The van der Waals surface area contributed by atoms with Gasteiger partial charge >= 0.3 is 6.09 Å². The van der Waals surface area contributed by atoms with E-state index in [1.807, 2.05) is 25.7 Å². The van der Waals surface area contributed by atoms with Crippen molar-refractivity contribution < 1.29 is 13.9 Å². The van der Waals surface area contributed by atoms with Gasteiger partial charge in [-0.2, -0.15) is 0 Å². The number of nitrogens with two attached hydrogens (primary N) is 1. The molecule has 1 aromatic carbocycles. The maximum Gasteiger partial charge on any atom is 0.407 e. The Balaban J connectivity index is 1.79. The number of ether oxygens (including phenoxy) is 1. The minimum absolute atomic E-state index is 0.282. The van der Waals surface area contributed by atoms with Crippen LogP contribution in [0, 0.1) is 11.7 Å². The molecular formula is C17H26FN3O2. The molecule has 0 saturated carbocycles. The number of carbonyl (C=O) groups is 1. The van der Waals surface area contributed by atoms with Crippen LogP contribution in [0.4, 0.5) is 20.6 Å². The van der Waals surface area contributed by atoms with E-state index >= 15 is 0 Å². The van der Waals surface area contributed by atoms with Crippen LogP contribution < -0.4 is 16.0 Å². The lowest BCUT2D eigenvalue weighted by Crippen LogP contribution is -2.40. The first kappa shape index (κ1) is 17.4. The van der Waals surface area contributed by atoms with Gasteiger partial charge in [0, 0.05) is 25.3 Å². The molecule has 3 N–H and O–H groups in total. The van der Waals surface area contributed by atoms with Crippen LogP contribution in [0.5, 0.6) is 0 Å². The zero-order valence-corrected chi connectivity index (χ0v) is 14.1. The molecule has 1 fully saturated rings. The average molecular weight is 323 g/mol. The monoisotopic (exact) mass is 323 g/mol. The molecule has 23 heavy (non-hydrogen) atoms. The first-order valence-corrected chi connectivity index (χ1v) is 8.01. The number of hydrogen-bond donors (Lipinski definition) is 2. The van der Waals surface area contributed by atoms with Crippen molar-refractivity contribution in [2.24, 2.45) is 5.92 Å². The highest BCUT2D eigenvalue weighted by molar-refractivity contribution is 5.67. The van der Waals surface area contributed by atoms with Crippen LogP contribution in [0.15, 0.2) is 18.2 Å². The Bertz CT molecular complexity index is 549. The highest BCUT2D eigenvalue weighted by Crippen LogP contribution is 2.26. The van der Waals surface area contributed by atoms with Crippen molar-refractivity contribution in [2.45, 2.75) is 39.2 Å². The lowest BCUT2D eigenvalue weighted by molar-refractivity contribution is 0.0517. The summed E-state index contributed by atoms with van der Waals surface area (Å²) in [7, 11) is 0. The van der Waals surface area contributed by atoms with E-state index in [1.54, 1.807) is 12.1 Å². The first-order valence-electron chi connectivity index (χ1n) is 8.01. The van der Waals surface area contributed by atoms with Crippen molar-refractivity contribution in [2.75, 3.05) is 30.3 Å². The van der Waals surface area contributed by atoms with Gasteiger partial charge in [0.2, 0.25) is 0 Å². The van der Waals surface area contributed by atoms with Gasteiger partial charge in [-0.1, -0.05) is 0 Å². The van der Waals surface area contributed by atoms with Gasteiger partial charge < -0.3 is 20.7 Å². The number of anilines is 2. The van der Waals surface area contributed by atoms with Crippen LogP contribution in [0.25, 0.3) is 0 Å². The minimum atomic E-state index is -0.486. The highest BCUT2D eigenvalue weighted by Gasteiger charge is 2.23. The van der Waals surface area contributed by atoms with Gasteiger partial charge in [0.1, 0.15) is 11.4 Å². The molecule has 5 nitrogen and oxygen atoms in total. The summed E-state index contributed by atoms with van der Waals surface area (Å²) in [4.78, 5) is 13.7. The molecular weight excluding hydrogens is 297 g/mol. The molecule has 1 amide bonds. The van der Waals surface area contributed by atoms with E-state index in [0.29, 0.717) is 23.8 Å². The summed E-state index contributed by atoms with van der Waals surface area (Å²) in [5.41, 5.74) is 6.12. The van der Waals surface area contributed by atoms with Crippen molar-refractivity contribution >= 4 is 17.5 Å². The SMILES string of the molecule is CC(C)(C)OC(=O)NCC1CCN(c2ccc(N)cc2F)CC1. The van der Waals surface area contributed by atoms with E-state index in [9.17, 15) is 9.18 Å². The number of rotatable bonds is 3. The number of benzene rings is 1. The van der Waals surface area contributed by atoms with E-state index in [0.717, 1.165) is 25.9 Å². The Morgan fingerprint density at radius 2 is 2.04 bits per heavy atom. The molecule has 0 bridgehead atoms. The number of piperidine rings is 1. The number of halogens is 1.